The Labute approximate surface area is 103 Å². The van der Waals surface area contributed by atoms with Crippen molar-refractivity contribution in [3.63, 3.8) is 0 Å². The van der Waals surface area contributed by atoms with Crippen LogP contribution in [0.2, 0.25) is 0 Å². The van der Waals surface area contributed by atoms with Crippen LogP contribution in [0.25, 0.3) is 10.9 Å². The summed E-state index contributed by atoms with van der Waals surface area (Å²) in [5.74, 6) is 0. The van der Waals surface area contributed by atoms with E-state index in [1.165, 1.54) is 41.4 Å². The van der Waals surface area contributed by atoms with Crippen LogP contribution in [-0.2, 0) is 13.5 Å². The van der Waals surface area contributed by atoms with Crippen LogP contribution in [0.5, 0.6) is 0 Å². The van der Waals surface area contributed by atoms with Crippen molar-refractivity contribution in [1.82, 2.24) is 9.88 Å². The van der Waals surface area contributed by atoms with E-state index in [1.807, 2.05) is 0 Å². The van der Waals surface area contributed by atoms with E-state index in [9.17, 15) is 0 Å². The first-order chi connectivity index (χ1) is 8.22. The molecule has 0 spiro atoms. The van der Waals surface area contributed by atoms with Gasteiger partial charge in [-0.15, -0.1) is 0 Å². The van der Waals surface area contributed by atoms with Crippen molar-refractivity contribution >= 4 is 10.9 Å². The van der Waals surface area contributed by atoms with E-state index >= 15 is 0 Å². The summed E-state index contributed by atoms with van der Waals surface area (Å²) in [5, 5.41) is 4.92. The first-order valence-electron chi connectivity index (χ1n) is 6.47. The van der Waals surface area contributed by atoms with Gasteiger partial charge >= 0.3 is 0 Å². The molecule has 0 saturated carbocycles. The molecular weight excluding hydrogens is 208 g/mol. The molecular formula is C15H20N2. The number of aryl methyl sites for hydroxylation is 3. The number of benzene rings is 1. The summed E-state index contributed by atoms with van der Waals surface area (Å²) in [6.07, 6.45) is 3.78. The Hall–Kier alpha value is -1.28. The summed E-state index contributed by atoms with van der Waals surface area (Å²) in [6, 6.07) is 7.33. The zero-order valence-corrected chi connectivity index (χ0v) is 10.9. The molecule has 2 heteroatoms. The normalized spacial score (nSPS) is 19.6. The van der Waals surface area contributed by atoms with Crippen LogP contribution in [0.3, 0.4) is 0 Å². The van der Waals surface area contributed by atoms with Gasteiger partial charge in [-0.05, 0) is 50.9 Å². The molecule has 1 heterocycles. The Morgan fingerprint density at radius 1 is 1.35 bits per heavy atom. The maximum Gasteiger partial charge on any atom is 0.0483 e. The molecule has 90 valence electrons. The molecule has 0 fully saturated rings. The van der Waals surface area contributed by atoms with Gasteiger partial charge in [-0.3, -0.25) is 0 Å². The van der Waals surface area contributed by atoms with Crippen LogP contribution in [0, 0.1) is 6.92 Å². The number of hydrogen-bond acceptors (Lipinski definition) is 1. The van der Waals surface area contributed by atoms with Crippen LogP contribution < -0.4 is 5.32 Å². The lowest BCUT2D eigenvalue weighted by molar-refractivity contribution is 0.474. The third kappa shape index (κ3) is 1.51. The molecule has 1 aliphatic rings. The maximum absolute atomic E-state index is 3.46. The third-order valence-corrected chi connectivity index (χ3v) is 4.11. The van der Waals surface area contributed by atoms with Gasteiger partial charge in [-0.25, -0.2) is 0 Å². The summed E-state index contributed by atoms with van der Waals surface area (Å²) in [7, 11) is 4.27. The fourth-order valence-corrected chi connectivity index (χ4v) is 3.26. The highest BCUT2D eigenvalue weighted by Crippen LogP contribution is 2.36. The summed E-state index contributed by atoms with van der Waals surface area (Å²) < 4.78 is 2.38. The molecule has 0 aliphatic heterocycles. The first kappa shape index (κ1) is 10.8. The smallest absolute Gasteiger partial charge is 0.0483 e. The predicted octanol–water partition coefficient (Wildman–Crippen LogP) is 3.08. The average Bonchev–Trinajstić information content (AvgIpc) is 2.63. The number of nitrogens with zero attached hydrogens (tertiary/aromatic N) is 1. The van der Waals surface area contributed by atoms with E-state index in [0.717, 1.165) is 0 Å². The predicted molar refractivity (Wildman–Crippen MR) is 72.4 cm³/mol. The number of aromatic nitrogens is 1. The van der Waals surface area contributed by atoms with Crippen LogP contribution in [0.15, 0.2) is 18.2 Å². The number of fused-ring (bicyclic) bond motifs is 3. The fraction of sp³-hybridized carbons (Fsp3) is 0.467. The monoisotopic (exact) mass is 228 g/mol. The second-order valence-corrected chi connectivity index (χ2v) is 5.18. The van der Waals surface area contributed by atoms with Crippen molar-refractivity contribution < 1.29 is 0 Å². The highest BCUT2D eigenvalue weighted by Gasteiger charge is 2.25. The van der Waals surface area contributed by atoms with E-state index in [0.29, 0.717) is 6.04 Å². The largest absolute Gasteiger partial charge is 0.346 e. The van der Waals surface area contributed by atoms with Gasteiger partial charge in [0.1, 0.15) is 0 Å². The molecule has 0 radical (unpaired) electrons. The van der Waals surface area contributed by atoms with Crippen LogP contribution in [-0.4, -0.2) is 11.6 Å². The molecule has 0 bridgehead atoms. The van der Waals surface area contributed by atoms with Crippen LogP contribution in [0.4, 0.5) is 0 Å². The number of rotatable bonds is 1. The summed E-state index contributed by atoms with van der Waals surface area (Å²) in [5.41, 5.74) is 5.80. The minimum atomic E-state index is 0.524. The van der Waals surface area contributed by atoms with Gasteiger partial charge in [-0.2, -0.15) is 0 Å². The van der Waals surface area contributed by atoms with Gasteiger partial charge in [0.15, 0.2) is 0 Å². The number of nitrogens with one attached hydrogen (secondary N) is 1. The van der Waals surface area contributed by atoms with Crippen molar-refractivity contribution in [2.24, 2.45) is 7.05 Å². The summed E-state index contributed by atoms with van der Waals surface area (Å²) >= 11 is 0. The van der Waals surface area contributed by atoms with Crippen LogP contribution >= 0.6 is 0 Å². The van der Waals surface area contributed by atoms with Crippen molar-refractivity contribution in [2.45, 2.75) is 32.2 Å². The molecule has 0 amide bonds. The fourth-order valence-electron chi connectivity index (χ4n) is 3.26. The highest BCUT2D eigenvalue weighted by atomic mass is 15.0. The molecule has 1 atom stereocenters. The third-order valence-electron chi connectivity index (χ3n) is 4.11. The van der Waals surface area contributed by atoms with Gasteiger partial charge in [0.2, 0.25) is 0 Å². The zero-order valence-electron chi connectivity index (χ0n) is 10.9. The van der Waals surface area contributed by atoms with Crippen molar-refractivity contribution in [1.29, 1.82) is 0 Å². The van der Waals surface area contributed by atoms with Crippen LogP contribution in [0.1, 0.15) is 35.7 Å². The SMILES string of the molecule is CNC1CCCc2c1n(C)c1ccc(C)cc21. The summed E-state index contributed by atoms with van der Waals surface area (Å²) in [6.45, 7) is 2.18. The van der Waals surface area contributed by atoms with E-state index in [2.05, 4.69) is 49.1 Å². The molecule has 1 N–H and O–H groups in total. The van der Waals surface area contributed by atoms with E-state index in [-0.39, 0.29) is 0 Å². The molecule has 2 aromatic rings. The Kier molecular flexibility index (Phi) is 2.48. The first-order valence-corrected chi connectivity index (χ1v) is 6.47. The molecule has 1 unspecified atom stereocenters. The molecule has 2 nitrogen and oxygen atoms in total. The minimum Gasteiger partial charge on any atom is -0.346 e. The van der Waals surface area contributed by atoms with Gasteiger partial charge in [0.25, 0.3) is 0 Å². The second-order valence-electron chi connectivity index (χ2n) is 5.18. The van der Waals surface area contributed by atoms with E-state index in [4.69, 9.17) is 0 Å². The highest BCUT2D eigenvalue weighted by molar-refractivity contribution is 5.86. The minimum absolute atomic E-state index is 0.524. The standard InChI is InChI=1S/C15H20N2/c1-10-7-8-14-12(9-10)11-5-4-6-13(16-2)15(11)17(14)3/h7-9,13,16H,4-6H2,1-3H3. The van der Waals surface area contributed by atoms with Crippen molar-refractivity contribution in [3.8, 4) is 0 Å². The quantitative estimate of drug-likeness (QED) is 0.793. The lowest BCUT2D eigenvalue weighted by Gasteiger charge is -2.24. The maximum atomic E-state index is 3.46. The summed E-state index contributed by atoms with van der Waals surface area (Å²) in [4.78, 5) is 0. The van der Waals surface area contributed by atoms with Gasteiger partial charge in [0.05, 0.1) is 0 Å². The lowest BCUT2D eigenvalue weighted by atomic mass is 9.91. The van der Waals surface area contributed by atoms with E-state index in [1.54, 1.807) is 5.56 Å². The van der Waals surface area contributed by atoms with Crippen molar-refractivity contribution in [2.75, 3.05) is 7.05 Å². The average molecular weight is 228 g/mol. The Balaban J connectivity index is 2.33. The van der Waals surface area contributed by atoms with Gasteiger partial charge < -0.3 is 9.88 Å². The molecule has 1 aromatic heterocycles. The molecule has 1 aliphatic carbocycles. The van der Waals surface area contributed by atoms with Gasteiger partial charge in [-0.1, -0.05) is 11.6 Å². The molecule has 1 aromatic carbocycles. The molecule has 3 rings (SSSR count). The topological polar surface area (TPSA) is 17.0 Å². The van der Waals surface area contributed by atoms with Gasteiger partial charge in [0, 0.05) is 29.7 Å². The number of hydrogen-bond donors (Lipinski definition) is 1. The lowest BCUT2D eigenvalue weighted by Crippen LogP contribution is -2.23. The Morgan fingerprint density at radius 2 is 2.18 bits per heavy atom. The zero-order chi connectivity index (χ0) is 12.0. The second kappa shape index (κ2) is 3.88. The Bertz CT molecular complexity index is 566. The molecule has 0 saturated heterocycles. The Morgan fingerprint density at radius 3 is 2.94 bits per heavy atom. The van der Waals surface area contributed by atoms with Crippen molar-refractivity contribution in [3.05, 3.63) is 35.0 Å². The van der Waals surface area contributed by atoms with E-state index < -0.39 is 0 Å². The molecule has 17 heavy (non-hydrogen) atoms.